The van der Waals surface area contributed by atoms with E-state index in [2.05, 4.69) is 13.8 Å². The molecule has 6 nitrogen and oxygen atoms in total. The molecule has 0 radical (unpaired) electrons. The van der Waals surface area contributed by atoms with Crippen molar-refractivity contribution in [3.8, 4) is 0 Å². The van der Waals surface area contributed by atoms with Gasteiger partial charge < -0.3 is 0 Å². The van der Waals surface area contributed by atoms with E-state index < -0.39 is 22.0 Å². The van der Waals surface area contributed by atoms with Crippen LogP contribution in [0.4, 0.5) is 0 Å². The van der Waals surface area contributed by atoms with Gasteiger partial charge in [-0.25, -0.2) is 8.42 Å². The van der Waals surface area contributed by atoms with Crippen molar-refractivity contribution in [3.05, 3.63) is 21.0 Å². The smallest absolute Gasteiger partial charge is 0.262 e. The highest BCUT2D eigenvalue weighted by molar-refractivity contribution is 7.88. The lowest BCUT2D eigenvalue weighted by Gasteiger charge is -2.14. The van der Waals surface area contributed by atoms with Crippen molar-refractivity contribution in [3.63, 3.8) is 0 Å². The van der Waals surface area contributed by atoms with Gasteiger partial charge in [0.2, 0.25) is 0 Å². The van der Waals surface area contributed by atoms with Gasteiger partial charge in [-0.2, -0.15) is 0 Å². The molecule has 0 bridgehead atoms. The fraction of sp³-hybridized carbons (Fsp3) is 0.714. The largest absolute Gasteiger partial charge is 0.268 e. The summed E-state index contributed by atoms with van der Waals surface area (Å²) in [6.45, 7) is 12.5. The molecule has 2 heterocycles. The second-order valence-corrected chi connectivity index (χ2v) is 10.2. The SMILES string of the molecule is C.CCCCCN1C(=O)C(C)=C(C)S1=O.CCCCCN1C(=O)C(C)=C(C)S1=O. The molecule has 0 aromatic heterocycles. The van der Waals surface area contributed by atoms with Gasteiger partial charge in [0.25, 0.3) is 11.8 Å². The normalized spacial score (nSPS) is 21.6. The average Bonchev–Trinajstić information content (AvgIpc) is 2.98. The number of carbonyl (C=O) groups is 2. The molecule has 2 aliphatic heterocycles. The van der Waals surface area contributed by atoms with E-state index in [9.17, 15) is 18.0 Å². The average molecular weight is 447 g/mol. The van der Waals surface area contributed by atoms with E-state index in [1.807, 2.05) is 0 Å². The van der Waals surface area contributed by atoms with Crippen molar-refractivity contribution >= 4 is 33.8 Å². The lowest BCUT2D eigenvalue weighted by molar-refractivity contribution is -0.122. The number of allylic oxidation sites excluding steroid dienone is 2. The summed E-state index contributed by atoms with van der Waals surface area (Å²) in [6.07, 6.45) is 6.27. The highest BCUT2D eigenvalue weighted by atomic mass is 32.2. The highest BCUT2D eigenvalue weighted by Gasteiger charge is 2.32. The van der Waals surface area contributed by atoms with Crippen LogP contribution in [0.3, 0.4) is 0 Å². The highest BCUT2D eigenvalue weighted by Crippen LogP contribution is 2.24. The number of hydrogen-bond donors (Lipinski definition) is 0. The Bertz CT molecular complexity index is 605. The summed E-state index contributed by atoms with van der Waals surface area (Å²) in [5.41, 5.74) is 1.31. The Morgan fingerprint density at radius 3 is 1.17 bits per heavy atom. The van der Waals surface area contributed by atoms with Crippen molar-refractivity contribution < 1.29 is 18.0 Å². The van der Waals surface area contributed by atoms with Crippen LogP contribution in [0.2, 0.25) is 0 Å². The van der Waals surface area contributed by atoms with E-state index in [4.69, 9.17) is 0 Å². The Balaban J connectivity index is 0.000000523. The third-order valence-corrected chi connectivity index (χ3v) is 8.16. The van der Waals surface area contributed by atoms with Crippen molar-refractivity contribution in [2.24, 2.45) is 0 Å². The summed E-state index contributed by atoms with van der Waals surface area (Å²) in [5, 5.41) is 0. The van der Waals surface area contributed by atoms with Crippen molar-refractivity contribution in [2.45, 2.75) is 87.5 Å². The van der Waals surface area contributed by atoms with Gasteiger partial charge in [0.05, 0.1) is 0 Å². The lowest BCUT2D eigenvalue weighted by Crippen LogP contribution is -2.28. The number of rotatable bonds is 8. The van der Waals surface area contributed by atoms with Crippen molar-refractivity contribution in [2.75, 3.05) is 13.1 Å². The quantitative estimate of drug-likeness (QED) is 0.511. The molecule has 0 aliphatic carbocycles. The van der Waals surface area contributed by atoms with Crippen LogP contribution in [0.5, 0.6) is 0 Å². The Kier molecular flexibility index (Phi) is 12.5. The summed E-state index contributed by atoms with van der Waals surface area (Å²) in [6, 6.07) is 0. The maximum absolute atomic E-state index is 11.7. The number of amides is 2. The van der Waals surface area contributed by atoms with E-state index in [1.165, 1.54) is 8.61 Å². The van der Waals surface area contributed by atoms with Gasteiger partial charge in [-0.3, -0.25) is 18.2 Å². The van der Waals surface area contributed by atoms with E-state index in [-0.39, 0.29) is 19.2 Å². The third kappa shape index (κ3) is 6.88. The minimum Gasteiger partial charge on any atom is -0.268 e. The van der Waals surface area contributed by atoms with Crippen LogP contribution < -0.4 is 0 Å². The van der Waals surface area contributed by atoms with E-state index in [0.29, 0.717) is 34.0 Å². The molecular formula is C21H38N2O4S2. The fourth-order valence-corrected chi connectivity index (χ4v) is 5.32. The molecule has 0 aromatic rings. The topological polar surface area (TPSA) is 74.8 Å². The first-order valence-corrected chi connectivity index (χ1v) is 12.2. The Labute approximate surface area is 182 Å². The summed E-state index contributed by atoms with van der Waals surface area (Å²) in [4.78, 5) is 24.6. The fourth-order valence-electron chi connectivity index (χ4n) is 2.80. The van der Waals surface area contributed by atoms with Crippen LogP contribution in [-0.2, 0) is 31.6 Å². The zero-order valence-electron chi connectivity index (χ0n) is 18.0. The van der Waals surface area contributed by atoms with E-state index in [0.717, 1.165) is 38.5 Å². The molecule has 0 spiro atoms. The minimum atomic E-state index is -1.21. The molecule has 29 heavy (non-hydrogen) atoms. The van der Waals surface area contributed by atoms with Crippen LogP contribution in [0.15, 0.2) is 21.0 Å². The molecule has 0 aromatic carbocycles. The Morgan fingerprint density at radius 2 is 0.966 bits per heavy atom. The molecule has 2 unspecified atom stereocenters. The summed E-state index contributed by atoms with van der Waals surface area (Å²) >= 11 is 0. The molecule has 168 valence electrons. The maximum Gasteiger partial charge on any atom is 0.262 e. The molecular weight excluding hydrogens is 408 g/mol. The summed E-state index contributed by atoms with van der Waals surface area (Å²) in [5.74, 6) is -0.117. The summed E-state index contributed by atoms with van der Waals surface area (Å²) in [7, 11) is -2.41. The summed E-state index contributed by atoms with van der Waals surface area (Å²) < 4.78 is 26.3. The van der Waals surface area contributed by atoms with Crippen LogP contribution in [0, 0.1) is 0 Å². The van der Waals surface area contributed by atoms with E-state index >= 15 is 0 Å². The van der Waals surface area contributed by atoms with Crippen molar-refractivity contribution in [1.82, 2.24) is 8.61 Å². The monoisotopic (exact) mass is 446 g/mol. The van der Waals surface area contributed by atoms with Gasteiger partial charge in [0, 0.05) is 34.0 Å². The number of carbonyl (C=O) groups excluding carboxylic acids is 2. The maximum atomic E-state index is 11.7. The standard InChI is InChI=1S/2C10H17NO2S.CH4/c2*1-4-5-6-7-11-10(12)8(2)9(3)14(11)13;/h2*4-7H2,1-3H3;1H4. The predicted molar refractivity (Wildman–Crippen MR) is 122 cm³/mol. The predicted octanol–water partition coefficient (Wildman–Crippen LogP) is 4.59. The van der Waals surface area contributed by atoms with Gasteiger partial charge in [-0.05, 0) is 40.5 Å². The van der Waals surface area contributed by atoms with Crippen LogP contribution >= 0.6 is 0 Å². The molecule has 0 saturated carbocycles. The number of nitrogens with zero attached hydrogens (tertiary/aromatic N) is 2. The van der Waals surface area contributed by atoms with E-state index in [1.54, 1.807) is 27.7 Å². The molecule has 0 saturated heterocycles. The number of hydrogen-bond acceptors (Lipinski definition) is 4. The van der Waals surface area contributed by atoms with Crippen LogP contribution in [-0.4, -0.2) is 41.9 Å². The minimum absolute atomic E-state index is 0. The first kappa shape index (κ1) is 27.7. The van der Waals surface area contributed by atoms with Gasteiger partial charge in [0.1, 0.15) is 0 Å². The number of unbranched alkanes of at least 4 members (excludes halogenated alkanes) is 4. The lowest BCUT2D eigenvalue weighted by atomic mass is 10.2. The first-order valence-electron chi connectivity index (χ1n) is 10.0. The van der Waals surface area contributed by atoms with Gasteiger partial charge in [-0.1, -0.05) is 47.0 Å². The zero-order valence-corrected chi connectivity index (χ0v) is 19.6. The third-order valence-electron chi connectivity index (χ3n) is 5.00. The van der Waals surface area contributed by atoms with Crippen molar-refractivity contribution in [1.29, 1.82) is 0 Å². The van der Waals surface area contributed by atoms with Crippen LogP contribution in [0.25, 0.3) is 0 Å². The molecule has 2 amide bonds. The molecule has 2 atom stereocenters. The van der Waals surface area contributed by atoms with Gasteiger partial charge >= 0.3 is 0 Å². The Morgan fingerprint density at radius 1 is 0.655 bits per heavy atom. The molecule has 2 rings (SSSR count). The Hall–Kier alpha value is -1.28. The first-order chi connectivity index (χ1) is 13.2. The zero-order chi connectivity index (χ0) is 21.4. The second kappa shape index (κ2) is 13.1. The second-order valence-electron chi connectivity index (χ2n) is 7.09. The molecule has 0 fully saturated rings. The van der Waals surface area contributed by atoms with Crippen LogP contribution in [0.1, 0.15) is 87.5 Å². The van der Waals surface area contributed by atoms with Gasteiger partial charge in [-0.15, -0.1) is 0 Å². The molecule has 8 heteroatoms. The molecule has 2 aliphatic rings. The molecule has 0 N–H and O–H groups in total. The van der Waals surface area contributed by atoms with Gasteiger partial charge in [0.15, 0.2) is 22.0 Å².